The lowest BCUT2D eigenvalue weighted by molar-refractivity contribution is -0.134. The minimum atomic E-state index is -0.395. The van der Waals surface area contributed by atoms with Crippen molar-refractivity contribution < 1.29 is 4.79 Å². The van der Waals surface area contributed by atoms with Crippen molar-refractivity contribution in [3.05, 3.63) is 35.9 Å². The van der Waals surface area contributed by atoms with Gasteiger partial charge in [0.05, 0.1) is 18.0 Å². The van der Waals surface area contributed by atoms with Crippen molar-refractivity contribution in [1.82, 2.24) is 14.7 Å². The highest BCUT2D eigenvalue weighted by atomic mass is 16.2. The van der Waals surface area contributed by atoms with Crippen LogP contribution in [0.5, 0.6) is 0 Å². The van der Waals surface area contributed by atoms with Gasteiger partial charge in [-0.3, -0.25) is 14.6 Å². The summed E-state index contributed by atoms with van der Waals surface area (Å²) in [5.74, 6) is 0.259. The number of likely N-dealkylation sites (tertiary alicyclic amines) is 1. The summed E-state index contributed by atoms with van der Waals surface area (Å²) in [6.45, 7) is 5.93. The molecule has 0 atom stereocenters. The van der Waals surface area contributed by atoms with E-state index in [0.29, 0.717) is 6.54 Å². The fourth-order valence-corrected chi connectivity index (χ4v) is 5.21. The van der Waals surface area contributed by atoms with Gasteiger partial charge in [-0.25, -0.2) is 0 Å². The zero-order valence-corrected chi connectivity index (χ0v) is 16.9. The summed E-state index contributed by atoms with van der Waals surface area (Å²) in [6.07, 6.45) is 7.01. The minimum Gasteiger partial charge on any atom is -0.339 e. The van der Waals surface area contributed by atoms with E-state index in [1.165, 1.54) is 25.7 Å². The van der Waals surface area contributed by atoms with Gasteiger partial charge in [-0.05, 0) is 31.2 Å². The normalized spacial score (nSPS) is 24.2. The SMILES string of the molecule is N#CC1(c2ccccc2)CCN(CC(=O)N2CCN(C3CCCC3)CC2)CC1. The molecule has 28 heavy (non-hydrogen) atoms. The van der Waals surface area contributed by atoms with Crippen LogP contribution >= 0.6 is 0 Å². The highest BCUT2D eigenvalue weighted by Crippen LogP contribution is 2.34. The van der Waals surface area contributed by atoms with E-state index in [1.54, 1.807) is 0 Å². The summed E-state index contributed by atoms with van der Waals surface area (Å²) in [4.78, 5) is 19.7. The van der Waals surface area contributed by atoms with Crippen molar-refractivity contribution in [2.75, 3.05) is 45.8 Å². The third-order valence-electron chi connectivity index (χ3n) is 7.12. The molecule has 1 aromatic carbocycles. The van der Waals surface area contributed by atoms with E-state index in [9.17, 15) is 10.1 Å². The number of carbonyl (C=O) groups is 1. The van der Waals surface area contributed by atoms with Crippen LogP contribution in [0.1, 0.15) is 44.1 Å². The summed E-state index contributed by atoms with van der Waals surface area (Å²) in [5.41, 5.74) is 0.722. The Balaban J connectivity index is 1.26. The quantitative estimate of drug-likeness (QED) is 0.806. The van der Waals surface area contributed by atoms with Gasteiger partial charge in [0.2, 0.25) is 5.91 Å². The molecule has 0 radical (unpaired) electrons. The predicted octanol–water partition coefficient (Wildman–Crippen LogP) is 2.63. The molecule has 0 aromatic heterocycles. The van der Waals surface area contributed by atoms with E-state index < -0.39 is 5.41 Å². The van der Waals surface area contributed by atoms with Gasteiger partial charge in [0.15, 0.2) is 0 Å². The van der Waals surface area contributed by atoms with Crippen LogP contribution in [0.2, 0.25) is 0 Å². The average Bonchev–Trinajstić information content (AvgIpc) is 3.30. The maximum Gasteiger partial charge on any atom is 0.236 e. The molecule has 150 valence electrons. The van der Waals surface area contributed by atoms with Gasteiger partial charge in [-0.1, -0.05) is 43.2 Å². The molecule has 1 aromatic rings. The van der Waals surface area contributed by atoms with Crippen molar-refractivity contribution in [3.63, 3.8) is 0 Å². The summed E-state index contributed by atoms with van der Waals surface area (Å²) >= 11 is 0. The largest absolute Gasteiger partial charge is 0.339 e. The van der Waals surface area contributed by atoms with Crippen molar-refractivity contribution in [2.45, 2.75) is 50.0 Å². The lowest BCUT2D eigenvalue weighted by Crippen LogP contribution is -2.54. The molecule has 2 aliphatic heterocycles. The molecule has 0 bridgehead atoms. The molecule has 3 aliphatic rings. The highest BCUT2D eigenvalue weighted by molar-refractivity contribution is 5.78. The van der Waals surface area contributed by atoms with E-state index in [0.717, 1.165) is 63.7 Å². The van der Waals surface area contributed by atoms with Crippen molar-refractivity contribution in [3.8, 4) is 6.07 Å². The molecule has 5 heteroatoms. The van der Waals surface area contributed by atoms with Crippen molar-refractivity contribution in [1.29, 1.82) is 5.26 Å². The third-order valence-corrected chi connectivity index (χ3v) is 7.12. The minimum absolute atomic E-state index is 0.259. The molecule has 1 amide bonds. The van der Waals surface area contributed by atoms with Crippen LogP contribution in [0.15, 0.2) is 30.3 Å². The van der Waals surface area contributed by atoms with Crippen LogP contribution in [-0.4, -0.2) is 72.5 Å². The van der Waals surface area contributed by atoms with Crippen molar-refractivity contribution >= 4 is 5.91 Å². The van der Waals surface area contributed by atoms with Gasteiger partial charge in [-0.15, -0.1) is 0 Å². The molecule has 5 nitrogen and oxygen atoms in total. The molecule has 3 fully saturated rings. The van der Waals surface area contributed by atoms with E-state index in [-0.39, 0.29) is 5.91 Å². The Bertz CT molecular complexity index is 691. The molecular weight excluding hydrogens is 348 g/mol. The van der Waals surface area contributed by atoms with E-state index in [4.69, 9.17) is 0 Å². The summed E-state index contributed by atoms with van der Waals surface area (Å²) in [5, 5.41) is 9.83. The first-order valence-electron chi connectivity index (χ1n) is 10.9. The molecule has 2 heterocycles. The Hall–Kier alpha value is -1.90. The maximum absolute atomic E-state index is 12.8. The zero-order chi connectivity index (χ0) is 19.4. The average molecular weight is 381 g/mol. The number of amides is 1. The molecular formula is C23H32N4O. The van der Waals surface area contributed by atoms with Crippen LogP contribution in [-0.2, 0) is 10.2 Å². The molecule has 2 saturated heterocycles. The molecule has 1 saturated carbocycles. The van der Waals surface area contributed by atoms with Crippen LogP contribution in [0.3, 0.4) is 0 Å². The van der Waals surface area contributed by atoms with Gasteiger partial charge >= 0.3 is 0 Å². The molecule has 4 rings (SSSR count). The topological polar surface area (TPSA) is 50.6 Å². The van der Waals surface area contributed by atoms with Gasteiger partial charge in [0, 0.05) is 45.3 Å². The first-order valence-corrected chi connectivity index (χ1v) is 10.9. The summed E-state index contributed by atoms with van der Waals surface area (Å²) < 4.78 is 0. The second-order valence-electron chi connectivity index (χ2n) is 8.69. The van der Waals surface area contributed by atoms with E-state index >= 15 is 0 Å². The predicted molar refractivity (Wildman–Crippen MR) is 110 cm³/mol. The monoisotopic (exact) mass is 380 g/mol. The molecule has 1 aliphatic carbocycles. The maximum atomic E-state index is 12.8. The van der Waals surface area contributed by atoms with Gasteiger partial charge in [0.1, 0.15) is 0 Å². The fourth-order valence-electron chi connectivity index (χ4n) is 5.21. The number of nitriles is 1. The van der Waals surface area contributed by atoms with Crippen LogP contribution in [0.4, 0.5) is 0 Å². The molecule has 0 N–H and O–H groups in total. The second kappa shape index (κ2) is 8.63. The van der Waals surface area contributed by atoms with Crippen LogP contribution in [0.25, 0.3) is 0 Å². The smallest absolute Gasteiger partial charge is 0.236 e. The van der Waals surface area contributed by atoms with Crippen molar-refractivity contribution in [2.24, 2.45) is 0 Å². The highest BCUT2D eigenvalue weighted by Gasteiger charge is 2.37. The zero-order valence-electron chi connectivity index (χ0n) is 16.9. The Morgan fingerprint density at radius 1 is 1.00 bits per heavy atom. The van der Waals surface area contributed by atoms with Crippen LogP contribution in [0, 0.1) is 11.3 Å². The fraction of sp³-hybridized carbons (Fsp3) is 0.652. The number of hydrogen-bond donors (Lipinski definition) is 0. The Kier molecular flexibility index (Phi) is 5.99. The van der Waals surface area contributed by atoms with Gasteiger partial charge in [-0.2, -0.15) is 5.26 Å². The lowest BCUT2D eigenvalue weighted by atomic mass is 9.74. The first-order chi connectivity index (χ1) is 13.7. The number of carbonyl (C=O) groups excluding carboxylic acids is 1. The standard InChI is InChI=1S/C23H32N4O/c24-19-23(20-6-2-1-3-7-20)10-12-25(13-11-23)18-22(28)27-16-14-26(15-17-27)21-8-4-5-9-21/h1-3,6-7,21H,4-5,8-18H2. The van der Waals surface area contributed by atoms with Gasteiger partial charge < -0.3 is 4.90 Å². The second-order valence-corrected chi connectivity index (χ2v) is 8.69. The van der Waals surface area contributed by atoms with E-state index in [2.05, 4.69) is 32.9 Å². The number of rotatable bonds is 4. The number of piperazine rings is 1. The first kappa shape index (κ1) is 19.4. The number of nitrogens with zero attached hydrogens (tertiary/aromatic N) is 4. The molecule has 0 unspecified atom stereocenters. The Morgan fingerprint density at radius 2 is 1.64 bits per heavy atom. The van der Waals surface area contributed by atoms with Crippen LogP contribution < -0.4 is 0 Å². The Labute approximate surface area is 168 Å². The summed E-state index contributed by atoms with van der Waals surface area (Å²) in [6, 6.07) is 13.5. The lowest BCUT2D eigenvalue weighted by Gasteiger charge is -2.40. The number of benzene rings is 1. The van der Waals surface area contributed by atoms with E-state index in [1.807, 2.05) is 18.2 Å². The van der Waals surface area contributed by atoms with Gasteiger partial charge in [0.25, 0.3) is 0 Å². The summed E-state index contributed by atoms with van der Waals surface area (Å²) in [7, 11) is 0. The molecule has 0 spiro atoms. The number of piperidine rings is 1. The Morgan fingerprint density at radius 3 is 2.25 bits per heavy atom. The third kappa shape index (κ3) is 4.09. The number of hydrogen-bond acceptors (Lipinski definition) is 4.